The van der Waals surface area contributed by atoms with Gasteiger partial charge in [0.25, 0.3) is 0 Å². The van der Waals surface area contributed by atoms with E-state index in [-0.39, 0.29) is 179 Å². The summed E-state index contributed by atoms with van der Waals surface area (Å²) in [5.74, 6) is -5.21. The fourth-order valence-electron chi connectivity index (χ4n) is 10.9. The van der Waals surface area contributed by atoms with E-state index in [1.807, 2.05) is 0 Å². The van der Waals surface area contributed by atoms with Gasteiger partial charge in [0.15, 0.2) is 69.8 Å². The van der Waals surface area contributed by atoms with Gasteiger partial charge >= 0.3 is 24.4 Å². The largest absolute Gasteiger partial charge is 0.452 e. The van der Waals surface area contributed by atoms with Crippen molar-refractivity contribution in [2.24, 2.45) is 0 Å². The van der Waals surface area contributed by atoms with Crippen molar-refractivity contribution in [3.05, 3.63) is 261 Å². The van der Waals surface area contributed by atoms with E-state index in [1.165, 1.54) is 154 Å². The van der Waals surface area contributed by atoms with Crippen molar-refractivity contribution in [3.8, 4) is 0 Å². The molecule has 0 aliphatic rings. The van der Waals surface area contributed by atoms with E-state index in [9.17, 15) is 36.7 Å². The van der Waals surface area contributed by atoms with Gasteiger partial charge in [0.2, 0.25) is 0 Å². The number of benzene rings is 4. The van der Waals surface area contributed by atoms with Crippen LogP contribution in [0.4, 0.5) is 129 Å². The first-order valence-corrected chi connectivity index (χ1v) is 35.9. The van der Waals surface area contributed by atoms with Crippen molar-refractivity contribution in [2.45, 2.75) is 33.0 Å². The number of rotatable bonds is 24. The van der Waals surface area contributed by atoms with Crippen molar-refractivity contribution in [3.63, 3.8) is 0 Å². The van der Waals surface area contributed by atoms with Gasteiger partial charge in [-0.3, -0.25) is 41.2 Å². The number of carbonyl (C=O) groups excluding carboxylic acids is 4. The summed E-state index contributed by atoms with van der Waals surface area (Å²) < 4.78 is 149. The summed E-state index contributed by atoms with van der Waals surface area (Å²) in [5.41, 5.74) is 46.4. The molecular formula is C81H86F4N32O8. The number of pyridine rings is 4. The number of hydrogen-bond donors (Lipinski definition) is 16. The molecule has 0 atom stereocenters. The minimum absolute atomic E-state index is 0.0128. The first-order chi connectivity index (χ1) is 63.2. The van der Waals surface area contributed by atoms with Gasteiger partial charge in [-0.05, 0) is 79.7 Å². The van der Waals surface area contributed by atoms with Crippen LogP contribution in [0.2, 0.25) is 0 Å². The molecule has 4 aromatic carbocycles. The van der Waals surface area contributed by atoms with Gasteiger partial charge < -0.3 is 86.1 Å². The van der Waals surface area contributed by atoms with Gasteiger partial charge in [0.05, 0.1) is 40.8 Å². The molecule has 40 nitrogen and oxygen atoms in total. The van der Waals surface area contributed by atoms with Gasteiger partial charge in [-0.2, -0.15) is 0 Å². The second kappa shape index (κ2) is 42.0. The highest BCUT2D eigenvalue weighted by atomic mass is 19.1. The average Bonchev–Trinajstić information content (AvgIpc) is 0.764. The number of methoxy groups -OCH3 is 4. The molecule has 0 fully saturated rings. The molecule has 24 N–H and O–H groups in total. The molecule has 8 aromatic heterocycles. The van der Waals surface area contributed by atoms with Crippen LogP contribution in [-0.4, -0.2) is 164 Å². The molecule has 0 bridgehead atoms. The Labute approximate surface area is 723 Å². The van der Waals surface area contributed by atoms with E-state index in [0.29, 0.717) is 16.9 Å². The highest BCUT2D eigenvalue weighted by Gasteiger charge is 2.29. The second-order valence-corrected chi connectivity index (χ2v) is 25.2. The van der Waals surface area contributed by atoms with Crippen LogP contribution in [0.3, 0.4) is 0 Å². The van der Waals surface area contributed by atoms with Crippen LogP contribution in [0.25, 0.3) is 0 Å². The van der Waals surface area contributed by atoms with Crippen molar-refractivity contribution in [1.29, 1.82) is 21.6 Å². The lowest BCUT2D eigenvalue weighted by Crippen LogP contribution is -2.29. The first-order valence-electron chi connectivity index (χ1n) is 40.4. The van der Waals surface area contributed by atoms with Crippen molar-refractivity contribution in [1.82, 2.24) is 59.8 Å². The molecule has 0 saturated carbocycles. The Hall–Kier alpha value is -17.1. The number of anilines is 16. The third-order valence-corrected chi connectivity index (χ3v) is 17.1. The van der Waals surface area contributed by atoms with Crippen LogP contribution < -0.4 is 86.7 Å². The lowest BCUT2D eigenvalue weighted by Gasteiger charge is -2.19. The molecule has 0 unspecified atom stereocenters. The third kappa shape index (κ3) is 22.4. The van der Waals surface area contributed by atoms with E-state index in [1.54, 1.807) is 36.5 Å². The zero-order valence-corrected chi connectivity index (χ0v) is 67.6. The van der Waals surface area contributed by atoms with Gasteiger partial charge in [-0.1, -0.05) is 72.2 Å². The van der Waals surface area contributed by atoms with Crippen molar-refractivity contribution >= 4 is 140 Å². The van der Waals surface area contributed by atoms with Gasteiger partial charge in [0, 0.05) is 124 Å². The summed E-state index contributed by atoms with van der Waals surface area (Å²) in [4.78, 5) is 100. The summed E-state index contributed by atoms with van der Waals surface area (Å²) in [7, 11) is 10.2. The number of carbonyl (C=O) groups is 4. The maximum absolute atomic E-state index is 14.8. The molecular weight excluding hydrogens is 1630 g/mol. The predicted octanol–water partition coefficient (Wildman–Crippen LogP) is 9.93. The number of nitrogens with one attached hydrogen (secondary N) is 8. The SMILES string of the molecule is COC(=O)N(C)c1c(N)nc(C(=N)c2cccnc2NCc2ccccc2F)nc1N.[2H]C([2H])(Nc1ncccc1C(=N)c1nc(N)c(N(C)C(=O)OC)c(N)n1)c1ccccc1F.[2H]C([2H])(Nc1ncccc1C(=N)c1nc(N)c(N(C)C(=O)OC)c(N)n1)c1ccccc1F.[2H]c1c([2H])c(F)c(C([2H])([2H])Nc2ncccc2C(=N)c2nc(N)c(N(C)C(=O)OC)c(N)n2)c([2H])c1C. The molecule has 646 valence electrons. The third-order valence-electron chi connectivity index (χ3n) is 17.1. The Bertz CT molecular complexity index is 6240. The predicted molar refractivity (Wildman–Crippen MR) is 467 cm³/mol. The van der Waals surface area contributed by atoms with Gasteiger partial charge in [0.1, 0.15) is 92.1 Å². The number of nitrogens with two attached hydrogens (primary N) is 8. The number of ether oxygens (including phenoxy) is 4. The summed E-state index contributed by atoms with van der Waals surface area (Å²) in [6.07, 6.45) is 2.64. The molecule has 0 radical (unpaired) electrons. The Morgan fingerprint density at radius 2 is 0.600 bits per heavy atom. The standard InChI is InChI=1S/C21H23FN8O2.3C20H21FN8O2/c1-11-6-7-14(22)12(9-11)10-27-19-13(5-4-8-26-19)15(23)20-28-17(24)16(18(25)29-20)30(2)21(31)32-3;3*1-29(20(30)31-2)15-16(23)27-19(28-17(15)24)14(22)12-7-5-9-25-18(12)26-10-11-6-3-4-8-13(11)21/h4-9,23H,10H2,1-3H3,(H,26,27)(H4,24,25,28,29);3*3-9,22H,10H2,1-2H3,(H,25,26)(H4,23,24,27,28)/i6D,7D,9D,10D2;2*10D2;. The molecule has 44 heteroatoms. The molecule has 12 rings (SSSR count). The quantitative estimate of drug-likeness (QED) is 0.0152. The molecule has 12 aromatic rings. The van der Waals surface area contributed by atoms with E-state index in [4.69, 9.17) is 79.8 Å². The number of nitrogens with zero attached hydrogens (tertiary/aromatic N) is 16. The fraction of sp³-hybridized carbons (Fsp3) is 0.160. The number of aromatic nitrogens is 12. The van der Waals surface area contributed by atoms with Crippen LogP contribution in [0.1, 0.15) is 85.7 Å². The first kappa shape index (κ1) is 79.0. The maximum atomic E-state index is 14.8. The normalized spacial score (nSPS) is 11.8. The topological polar surface area (TPSA) is 625 Å². The number of hydrogen-bond acceptors (Lipinski definition) is 36. The van der Waals surface area contributed by atoms with Crippen LogP contribution >= 0.6 is 0 Å². The number of amides is 4. The van der Waals surface area contributed by atoms with Gasteiger partial charge in [-0.15, -0.1) is 0 Å². The lowest BCUT2D eigenvalue weighted by molar-refractivity contribution is 0.179. The van der Waals surface area contributed by atoms with Crippen molar-refractivity contribution < 1.29 is 68.0 Å². The van der Waals surface area contributed by atoms with E-state index < -0.39 is 85.0 Å². The van der Waals surface area contributed by atoms with E-state index >= 15 is 0 Å². The Morgan fingerprint density at radius 3 is 0.856 bits per heavy atom. The number of nitrogen functional groups attached to an aromatic ring is 8. The lowest BCUT2D eigenvalue weighted by atomic mass is 10.1. The molecule has 0 aliphatic heterocycles. The summed E-state index contributed by atoms with van der Waals surface area (Å²) in [6.45, 7) is -5.98. The van der Waals surface area contributed by atoms with E-state index in [2.05, 4.69) is 100 Å². The zero-order valence-electron chi connectivity index (χ0n) is 76.6. The van der Waals surface area contributed by atoms with E-state index in [0.717, 1.165) is 38.8 Å². The minimum atomic E-state index is -2.77. The Balaban J connectivity index is 0.000000201. The van der Waals surface area contributed by atoms with Crippen LogP contribution in [0, 0.1) is 51.8 Å². The molecule has 4 amide bonds. The fourth-order valence-corrected chi connectivity index (χ4v) is 10.9. The molecule has 125 heavy (non-hydrogen) atoms. The maximum Gasteiger partial charge on any atom is 0.413 e. The molecule has 0 saturated heterocycles. The van der Waals surface area contributed by atoms with Crippen LogP contribution in [-0.2, 0) is 45.0 Å². The smallest absolute Gasteiger partial charge is 0.413 e. The molecule has 0 spiro atoms. The highest BCUT2D eigenvalue weighted by molar-refractivity contribution is 6.15. The Kier molecular flexibility index (Phi) is 26.6. The minimum Gasteiger partial charge on any atom is -0.452 e. The van der Waals surface area contributed by atoms with Gasteiger partial charge in [-0.25, -0.2) is 96.5 Å². The number of halogens is 4. The van der Waals surface area contributed by atoms with Crippen LogP contribution in [0.5, 0.6) is 0 Å². The summed E-state index contributed by atoms with van der Waals surface area (Å²) in [5, 5.41) is 44.7. The average molecular weight is 1720 g/mol. The van der Waals surface area contributed by atoms with Crippen molar-refractivity contribution in [2.75, 3.05) is 143 Å². The summed E-state index contributed by atoms with van der Waals surface area (Å²) in [6, 6.07) is 27.4. The summed E-state index contributed by atoms with van der Waals surface area (Å²) >= 11 is 0. The molecule has 8 heterocycles. The molecule has 0 aliphatic carbocycles. The second-order valence-electron chi connectivity index (χ2n) is 25.2. The Morgan fingerprint density at radius 1 is 0.360 bits per heavy atom. The highest BCUT2D eigenvalue weighted by Crippen LogP contribution is 2.34. The monoisotopic (exact) mass is 1720 g/mol. The zero-order chi connectivity index (χ0) is 99.0. The van der Waals surface area contributed by atoms with Crippen LogP contribution in [0.15, 0.2) is 164 Å².